The summed E-state index contributed by atoms with van der Waals surface area (Å²) in [6.45, 7) is 3.81. The summed E-state index contributed by atoms with van der Waals surface area (Å²) in [6, 6.07) is 14.1. The number of benzene rings is 3. The lowest BCUT2D eigenvalue weighted by Crippen LogP contribution is -2.29. The fourth-order valence-corrected chi connectivity index (χ4v) is 5.63. The number of hydrogen-bond donors (Lipinski definition) is 2. The molecule has 1 aliphatic rings. The molecule has 3 aromatic carbocycles. The maximum Gasteiger partial charge on any atom is 0.416 e. The standard InChI is InChI=1S/C23H18ClF3N2O3S/c1-14(28-30)20-8-7-19(13-21(20)24)33(31,32)29-11-10-17-12-16(4-9-22(17)29)15-2-5-18(6-3-15)23(25,26)27/h2-9,12-13,28,30H,1,10-11H2. The molecular weight excluding hydrogens is 477 g/mol. The van der Waals surface area contributed by atoms with Crippen LogP contribution in [0.5, 0.6) is 0 Å². The van der Waals surface area contributed by atoms with E-state index < -0.39 is 21.8 Å². The van der Waals surface area contributed by atoms with E-state index >= 15 is 0 Å². The van der Waals surface area contributed by atoms with E-state index in [1.165, 1.54) is 34.6 Å². The van der Waals surface area contributed by atoms with Crippen molar-refractivity contribution in [3.63, 3.8) is 0 Å². The van der Waals surface area contributed by atoms with Crippen LogP contribution in [-0.2, 0) is 22.6 Å². The molecule has 33 heavy (non-hydrogen) atoms. The Bertz CT molecular complexity index is 1340. The number of fused-ring (bicyclic) bond motifs is 1. The lowest BCUT2D eigenvalue weighted by Gasteiger charge is -2.20. The molecule has 0 aliphatic carbocycles. The van der Waals surface area contributed by atoms with Crippen LogP contribution in [0, 0.1) is 0 Å². The molecule has 1 aliphatic heterocycles. The van der Waals surface area contributed by atoms with Gasteiger partial charge >= 0.3 is 6.18 Å². The van der Waals surface area contributed by atoms with Gasteiger partial charge in [-0.1, -0.05) is 36.4 Å². The van der Waals surface area contributed by atoms with Crippen LogP contribution in [0.1, 0.15) is 16.7 Å². The zero-order chi connectivity index (χ0) is 24.0. The van der Waals surface area contributed by atoms with Gasteiger partial charge in [-0.2, -0.15) is 13.2 Å². The van der Waals surface area contributed by atoms with Crippen LogP contribution >= 0.6 is 11.6 Å². The van der Waals surface area contributed by atoms with Crippen LogP contribution in [0.4, 0.5) is 18.9 Å². The summed E-state index contributed by atoms with van der Waals surface area (Å²) in [6.07, 6.45) is -3.95. The van der Waals surface area contributed by atoms with Crippen LogP contribution in [0.2, 0.25) is 5.02 Å². The molecule has 1 heterocycles. The van der Waals surface area contributed by atoms with Gasteiger partial charge in [0.2, 0.25) is 0 Å². The van der Waals surface area contributed by atoms with E-state index in [-0.39, 0.29) is 22.2 Å². The molecule has 0 saturated heterocycles. The maximum absolute atomic E-state index is 13.3. The van der Waals surface area contributed by atoms with Crippen molar-refractivity contribution in [3.05, 3.63) is 89.0 Å². The molecule has 0 aromatic heterocycles. The van der Waals surface area contributed by atoms with Gasteiger partial charge in [0.25, 0.3) is 10.0 Å². The normalized spacial score (nSPS) is 13.7. The van der Waals surface area contributed by atoms with Crippen molar-refractivity contribution in [2.75, 3.05) is 10.8 Å². The van der Waals surface area contributed by atoms with Gasteiger partial charge in [-0.15, -0.1) is 0 Å². The topological polar surface area (TPSA) is 69.6 Å². The van der Waals surface area contributed by atoms with E-state index in [1.54, 1.807) is 18.2 Å². The minimum Gasteiger partial charge on any atom is -0.291 e. The van der Waals surface area contributed by atoms with E-state index in [2.05, 4.69) is 6.58 Å². The van der Waals surface area contributed by atoms with Crippen LogP contribution in [0.15, 0.2) is 72.1 Å². The van der Waals surface area contributed by atoms with Crippen molar-refractivity contribution in [2.45, 2.75) is 17.5 Å². The molecule has 0 saturated carbocycles. The van der Waals surface area contributed by atoms with Gasteiger partial charge in [0.1, 0.15) is 0 Å². The fourth-order valence-electron chi connectivity index (χ4n) is 3.74. The molecule has 172 valence electrons. The Labute approximate surface area is 193 Å². The van der Waals surface area contributed by atoms with Crippen molar-refractivity contribution < 1.29 is 26.8 Å². The summed E-state index contributed by atoms with van der Waals surface area (Å²) < 4.78 is 66.2. The largest absolute Gasteiger partial charge is 0.416 e. The van der Waals surface area contributed by atoms with Crippen molar-refractivity contribution >= 4 is 33.0 Å². The molecule has 0 radical (unpaired) electrons. The van der Waals surface area contributed by atoms with Crippen LogP contribution in [0.3, 0.4) is 0 Å². The number of nitrogens with zero attached hydrogens (tertiary/aromatic N) is 1. The lowest BCUT2D eigenvalue weighted by atomic mass is 10.0. The van der Waals surface area contributed by atoms with Gasteiger partial charge in [-0.25, -0.2) is 8.42 Å². The lowest BCUT2D eigenvalue weighted by molar-refractivity contribution is -0.137. The highest BCUT2D eigenvalue weighted by molar-refractivity contribution is 7.92. The minimum atomic E-state index is -4.41. The van der Waals surface area contributed by atoms with Crippen molar-refractivity contribution in [2.24, 2.45) is 0 Å². The SMILES string of the molecule is C=C(NO)c1ccc(S(=O)(=O)N2CCc3cc(-c4ccc(C(F)(F)F)cc4)ccc32)cc1Cl. The van der Waals surface area contributed by atoms with Crippen LogP contribution in [-0.4, -0.2) is 20.2 Å². The van der Waals surface area contributed by atoms with Gasteiger partial charge in [-0.05, 0) is 65.6 Å². The average Bonchev–Trinajstić information content (AvgIpc) is 3.22. The number of nitrogens with one attached hydrogen (secondary N) is 1. The molecule has 0 unspecified atom stereocenters. The fraction of sp³-hybridized carbons (Fsp3) is 0.130. The van der Waals surface area contributed by atoms with Crippen molar-refractivity contribution in [3.8, 4) is 11.1 Å². The van der Waals surface area contributed by atoms with E-state index in [4.69, 9.17) is 16.8 Å². The molecule has 2 N–H and O–H groups in total. The number of rotatable bonds is 5. The number of anilines is 1. The Morgan fingerprint density at radius 1 is 1.03 bits per heavy atom. The molecule has 0 amide bonds. The molecule has 0 fully saturated rings. The van der Waals surface area contributed by atoms with E-state index in [0.29, 0.717) is 28.8 Å². The highest BCUT2D eigenvalue weighted by Gasteiger charge is 2.32. The summed E-state index contributed by atoms with van der Waals surface area (Å²) in [5.74, 6) is 0. The molecule has 5 nitrogen and oxygen atoms in total. The Morgan fingerprint density at radius 2 is 1.70 bits per heavy atom. The third kappa shape index (κ3) is 4.31. The number of halogens is 4. The van der Waals surface area contributed by atoms with Gasteiger partial charge in [0, 0.05) is 12.1 Å². The molecule has 3 aromatic rings. The maximum atomic E-state index is 13.3. The summed E-state index contributed by atoms with van der Waals surface area (Å²) >= 11 is 6.18. The predicted molar refractivity (Wildman–Crippen MR) is 121 cm³/mol. The second kappa shape index (κ2) is 8.40. The van der Waals surface area contributed by atoms with Gasteiger partial charge in [-0.3, -0.25) is 15.0 Å². The van der Waals surface area contributed by atoms with Gasteiger partial charge in [0.15, 0.2) is 0 Å². The highest BCUT2D eigenvalue weighted by Crippen LogP contribution is 2.37. The third-order valence-corrected chi connectivity index (χ3v) is 7.59. The number of sulfonamides is 1. The highest BCUT2D eigenvalue weighted by atomic mass is 35.5. The zero-order valence-corrected chi connectivity index (χ0v) is 18.6. The van der Waals surface area contributed by atoms with E-state index in [1.807, 2.05) is 5.48 Å². The number of hydrogen-bond acceptors (Lipinski definition) is 4. The summed E-state index contributed by atoms with van der Waals surface area (Å²) in [7, 11) is -3.91. The number of hydroxylamine groups is 1. The van der Waals surface area contributed by atoms with Gasteiger partial charge < -0.3 is 0 Å². The quantitative estimate of drug-likeness (QED) is 0.445. The molecule has 0 spiro atoms. The van der Waals surface area contributed by atoms with Crippen molar-refractivity contribution in [1.29, 1.82) is 0 Å². The smallest absolute Gasteiger partial charge is 0.291 e. The third-order valence-electron chi connectivity index (χ3n) is 5.47. The predicted octanol–water partition coefficient (Wildman–Crippen LogP) is 5.73. The van der Waals surface area contributed by atoms with Crippen LogP contribution < -0.4 is 9.79 Å². The first-order valence-corrected chi connectivity index (χ1v) is 11.6. The summed E-state index contributed by atoms with van der Waals surface area (Å²) in [5, 5.41) is 9.10. The minimum absolute atomic E-state index is 0.0124. The molecular formula is C23H18ClF3N2O3S. The first-order valence-electron chi connectivity index (χ1n) is 9.74. The first-order chi connectivity index (χ1) is 15.5. The summed E-state index contributed by atoms with van der Waals surface area (Å²) in [4.78, 5) is -0.0124. The molecule has 10 heteroatoms. The Morgan fingerprint density at radius 3 is 2.30 bits per heavy atom. The second-order valence-corrected chi connectivity index (χ2v) is 9.75. The second-order valence-electron chi connectivity index (χ2n) is 7.48. The van der Waals surface area contributed by atoms with Crippen molar-refractivity contribution in [1.82, 2.24) is 5.48 Å². The number of alkyl halides is 3. The van der Waals surface area contributed by atoms with E-state index in [0.717, 1.165) is 17.7 Å². The summed E-state index contributed by atoms with van der Waals surface area (Å²) in [5.41, 5.74) is 4.23. The van der Waals surface area contributed by atoms with Crippen LogP contribution in [0.25, 0.3) is 16.8 Å². The van der Waals surface area contributed by atoms with E-state index in [9.17, 15) is 21.6 Å². The molecule has 0 atom stereocenters. The zero-order valence-electron chi connectivity index (χ0n) is 17.0. The Balaban J connectivity index is 1.64. The average molecular weight is 495 g/mol. The Kier molecular flexibility index (Phi) is 5.90. The Hall–Kier alpha value is -3.01. The molecule has 0 bridgehead atoms. The molecule has 4 rings (SSSR count). The monoisotopic (exact) mass is 494 g/mol. The first kappa shape index (κ1) is 23.2. The van der Waals surface area contributed by atoms with Gasteiger partial charge in [0.05, 0.1) is 26.9 Å².